The molecule has 2 aliphatic rings. The Morgan fingerprint density at radius 2 is 1.62 bits per heavy atom. The Kier molecular flexibility index (Phi) is 6.06. The van der Waals surface area contributed by atoms with E-state index in [0.717, 1.165) is 48.1 Å². The zero-order valence-electron chi connectivity index (χ0n) is 18.1. The summed E-state index contributed by atoms with van der Waals surface area (Å²) in [5, 5.41) is 14.2. The van der Waals surface area contributed by atoms with Crippen LogP contribution < -0.4 is 10.1 Å². The molecule has 4 unspecified atom stereocenters. The molecule has 1 saturated carbocycles. The first-order chi connectivity index (χ1) is 15.7. The van der Waals surface area contributed by atoms with Crippen molar-refractivity contribution in [2.75, 3.05) is 6.54 Å². The zero-order chi connectivity index (χ0) is 21.9. The molecule has 0 amide bonds. The fourth-order valence-corrected chi connectivity index (χ4v) is 4.99. The van der Waals surface area contributed by atoms with Crippen LogP contribution in [0.25, 0.3) is 11.1 Å². The van der Waals surface area contributed by atoms with Gasteiger partial charge in [-0.05, 0) is 54.5 Å². The molecular weight excluding hydrogens is 398 g/mol. The highest BCUT2D eigenvalue weighted by molar-refractivity contribution is 6.00. The maximum Gasteiger partial charge on any atom is 0.167 e. The summed E-state index contributed by atoms with van der Waals surface area (Å²) in [7, 11) is 0. The van der Waals surface area contributed by atoms with E-state index in [-0.39, 0.29) is 23.8 Å². The molecule has 4 nitrogen and oxygen atoms in total. The van der Waals surface area contributed by atoms with Gasteiger partial charge in [-0.15, -0.1) is 0 Å². The van der Waals surface area contributed by atoms with E-state index in [0.29, 0.717) is 6.54 Å². The summed E-state index contributed by atoms with van der Waals surface area (Å²) in [4.78, 5) is 13.1. The van der Waals surface area contributed by atoms with Crippen molar-refractivity contribution in [2.24, 2.45) is 5.92 Å². The SMILES string of the molecule is O=C1c2ccc(-c3ccccc3)cc2CCC1CNC1CCC(Oc2ccccc2)C1O. The number of carbonyl (C=O) groups is 1. The van der Waals surface area contributed by atoms with Gasteiger partial charge < -0.3 is 15.2 Å². The number of fused-ring (bicyclic) bond motifs is 1. The van der Waals surface area contributed by atoms with Crippen molar-refractivity contribution in [3.05, 3.63) is 90.0 Å². The second-order valence-electron chi connectivity index (χ2n) is 8.89. The highest BCUT2D eigenvalue weighted by Gasteiger charge is 2.37. The van der Waals surface area contributed by atoms with Crippen LogP contribution in [-0.2, 0) is 6.42 Å². The molecule has 0 heterocycles. The van der Waals surface area contributed by atoms with Gasteiger partial charge in [-0.1, -0.05) is 66.7 Å². The van der Waals surface area contributed by atoms with E-state index in [1.807, 2.05) is 60.7 Å². The number of aryl methyl sites for hydroxylation is 1. The summed E-state index contributed by atoms with van der Waals surface area (Å²) >= 11 is 0. The number of Topliss-reactive ketones (excluding diaryl/α,β-unsaturated/α-hetero) is 1. The molecule has 0 bridgehead atoms. The van der Waals surface area contributed by atoms with Gasteiger partial charge in [0, 0.05) is 24.1 Å². The minimum atomic E-state index is -0.574. The first-order valence-electron chi connectivity index (χ1n) is 11.5. The van der Waals surface area contributed by atoms with E-state index in [1.165, 1.54) is 5.56 Å². The van der Waals surface area contributed by atoms with Crippen LogP contribution in [0, 0.1) is 5.92 Å². The summed E-state index contributed by atoms with van der Waals surface area (Å²) in [6.45, 7) is 0.596. The van der Waals surface area contributed by atoms with Gasteiger partial charge in [-0.2, -0.15) is 0 Å². The normalized spacial score (nSPS) is 24.8. The van der Waals surface area contributed by atoms with E-state index in [4.69, 9.17) is 4.74 Å². The lowest BCUT2D eigenvalue weighted by Crippen LogP contribution is -2.44. The lowest BCUT2D eigenvalue weighted by molar-refractivity contribution is 0.0441. The molecule has 32 heavy (non-hydrogen) atoms. The maximum atomic E-state index is 13.1. The van der Waals surface area contributed by atoms with Gasteiger partial charge >= 0.3 is 0 Å². The smallest absolute Gasteiger partial charge is 0.167 e. The van der Waals surface area contributed by atoms with E-state index in [1.54, 1.807) is 0 Å². The van der Waals surface area contributed by atoms with Gasteiger partial charge in [0.2, 0.25) is 0 Å². The Bertz CT molecular complexity index is 1070. The van der Waals surface area contributed by atoms with Crippen LogP contribution in [0.15, 0.2) is 78.9 Å². The number of aliphatic hydroxyl groups is 1. The molecule has 0 aromatic heterocycles. The second-order valence-corrected chi connectivity index (χ2v) is 8.89. The quantitative estimate of drug-likeness (QED) is 0.601. The first-order valence-corrected chi connectivity index (χ1v) is 11.5. The minimum absolute atomic E-state index is 0.0432. The number of hydrogen-bond donors (Lipinski definition) is 2. The minimum Gasteiger partial charge on any atom is -0.488 e. The number of aliphatic hydroxyl groups excluding tert-OH is 1. The number of hydrogen-bond acceptors (Lipinski definition) is 4. The van der Waals surface area contributed by atoms with Crippen LogP contribution in [0.2, 0.25) is 0 Å². The largest absolute Gasteiger partial charge is 0.488 e. The topological polar surface area (TPSA) is 58.6 Å². The van der Waals surface area contributed by atoms with Crippen molar-refractivity contribution in [3.8, 4) is 16.9 Å². The number of benzene rings is 3. The third kappa shape index (κ3) is 4.34. The lowest BCUT2D eigenvalue weighted by atomic mass is 9.81. The zero-order valence-corrected chi connectivity index (χ0v) is 18.1. The molecule has 0 saturated heterocycles. The Labute approximate surface area is 189 Å². The van der Waals surface area contributed by atoms with Crippen molar-refractivity contribution in [2.45, 2.75) is 43.9 Å². The number of carbonyl (C=O) groups excluding carboxylic acids is 1. The van der Waals surface area contributed by atoms with Gasteiger partial charge in [0.05, 0.1) is 0 Å². The van der Waals surface area contributed by atoms with Crippen LogP contribution in [0.3, 0.4) is 0 Å². The van der Waals surface area contributed by atoms with E-state index >= 15 is 0 Å². The number of ketones is 1. The Balaban J connectivity index is 1.19. The third-order valence-electron chi connectivity index (χ3n) is 6.82. The summed E-state index contributed by atoms with van der Waals surface area (Å²) in [5.74, 6) is 0.945. The molecule has 0 spiro atoms. The lowest BCUT2D eigenvalue weighted by Gasteiger charge is -2.27. The predicted molar refractivity (Wildman–Crippen MR) is 126 cm³/mol. The molecule has 4 atom stereocenters. The van der Waals surface area contributed by atoms with Gasteiger partial charge in [-0.3, -0.25) is 4.79 Å². The standard InChI is InChI=1S/C28H29NO3/c30-27-22(12-11-21-17-20(13-14-24(21)27)19-7-3-1-4-8-19)18-29-25-15-16-26(28(25)31)32-23-9-5-2-6-10-23/h1-10,13-14,17,22,25-26,28-29,31H,11-12,15-16,18H2. The molecule has 5 rings (SSSR count). The van der Waals surface area contributed by atoms with Gasteiger partial charge in [0.1, 0.15) is 18.0 Å². The summed E-state index contributed by atoms with van der Waals surface area (Å²) in [6.07, 6.45) is 2.60. The highest BCUT2D eigenvalue weighted by atomic mass is 16.5. The van der Waals surface area contributed by atoms with Crippen LogP contribution in [0.4, 0.5) is 0 Å². The second kappa shape index (κ2) is 9.27. The van der Waals surface area contributed by atoms with Gasteiger partial charge in [-0.25, -0.2) is 0 Å². The van der Waals surface area contributed by atoms with Crippen molar-refractivity contribution >= 4 is 5.78 Å². The first kappa shape index (κ1) is 20.9. The highest BCUT2D eigenvalue weighted by Crippen LogP contribution is 2.31. The Morgan fingerprint density at radius 1 is 0.875 bits per heavy atom. The number of nitrogens with one attached hydrogen (secondary N) is 1. The van der Waals surface area contributed by atoms with Crippen molar-refractivity contribution in [3.63, 3.8) is 0 Å². The van der Waals surface area contributed by atoms with Crippen molar-refractivity contribution in [1.82, 2.24) is 5.32 Å². The maximum absolute atomic E-state index is 13.1. The van der Waals surface area contributed by atoms with Crippen LogP contribution in [0.5, 0.6) is 5.75 Å². The van der Waals surface area contributed by atoms with E-state index in [2.05, 4.69) is 23.5 Å². The van der Waals surface area contributed by atoms with Crippen molar-refractivity contribution in [1.29, 1.82) is 0 Å². The monoisotopic (exact) mass is 427 g/mol. The molecule has 3 aromatic rings. The molecule has 4 heteroatoms. The molecule has 3 aromatic carbocycles. The van der Waals surface area contributed by atoms with Crippen LogP contribution in [0.1, 0.15) is 35.2 Å². The summed E-state index contributed by atoms with van der Waals surface area (Å²) in [5.41, 5.74) is 4.33. The van der Waals surface area contributed by atoms with Crippen LogP contribution >= 0.6 is 0 Å². The number of rotatable bonds is 6. The molecule has 2 aliphatic carbocycles. The summed E-state index contributed by atoms with van der Waals surface area (Å²) < 4.78 is 5.97. The van der Waals surface area contributed by atoms with Gasteiger partial charge in [0.25, 0.3) is 0 Å². The Hall–Kier alpha value is -2.95. The number of ether oxygens (including phenoxy) is 1. The molecule has 164 valence electrons. The number of para-hydroxylation sites is 1. The van der Waals surface area contributed by atoms with E-state index < -0.39 is 6.10 Å². The van der Waals surface area contributed by atoms with E-state index in [9.17, 15) is 9.90 Å². The molecule has 1 fully saturated rings. The van der Waals surface area contributed by atoms with Gasteiger partial charge in [0.15, 0.2) is 5.78 Å². The predicted octanol–water partition coefficient (Wildman–Crippen LogP) is 4.66. The fraction of sp³-hybridized carbons (Fsp3) is 0.321. The molecule has 0 radical (unpaired) electrons. The fourth-order valence-electron chi connectivity index (χ4n) is 4.99. The summed E-state index contributed by atoms with van der Waals surface area (Å²) in [6, 6.07) is 26.1. The average molecular weight is 428 g/mol. The Morgan fingerprint density at radius 3 is 2.41 bits per heavy atom. The third-order valence-corrected chi connectivity index (χ3v) is 6.82. The molecule has 0 aliphatic heterocycles. The average Bonchev–Trinajstić information content (AvgIpc) is 3.18. The van der Waals surface area contributed by atoms with Crippen molar-refractivity contribution < 1.29 is 14.6 Å². The molecule has 2 N–H and O–H groups in total. The molecular formula is C28H29NO3. The van der Waals surface area contributed by atoms with Crippen LogP contribution in [-0.4, -0.2) is 35.7 Å².